The van der Waals surface area contributed by atoms with Crippen molar-refractivity contribution in [2.24, 2.45) is 52.3 Å². The number of ether oxygens (including phenoxy) is 1. The molecule has 0 radical (unpaired) electrons. The number of fused-ring (bicyclic) bond motifs is 4. The fraction of sp³-hybridized carbons (Fsp3) is 0.966. The van der Waals surface area contributed by atoms with Gasteiger partial charge in [0.25, 0.3) is 0 Å². The van der Waals surface area contributed by atoms with Crippen LogP contribution in [0.3, 0.4) is 0 Å². The second-order valence-corrected chi connectivity index (χ2v) is 13.7. The van der Waals surface area contributed by atoms with Gasteiger partial charge in [-0.2, -0.15) is 0 Å². The van der Waals surface area contributed by atoms with Crippen molar-refractivity contribution in [3.05, 3.63) is 0 Å². The van der Waals surface area contributed by atoms with E-state index in [9.17, 15) is 9.90 Å². The molecule has 0 aromatic carbocycles. The molecule has 1 spiro atoms. The first kappa shape index (κ1) is 23.2. The fourth-order valence-electron chi connectivity index (χ4n) is 10.2. The van der Waals surface area contributed by atoms with E-state index in [0.717, 1.165) is 54.8 Å². The molecule has 3 nitrogen and oxygen atoms in total. The predicted octanol–water partition coefficient (Wildman–Crippen LogP) is 6.00. The minimum Gasteiger partial charge on any atom is -0.550 e. The van der Waals surface area contributed by atoms with Crippen LogP contribution in [0.25, 0.3) is 0 Å². The largest absolute Gasteiger partial charge is 0.550 e. The number of carboxylic acid groups (broad SMARTS) is 1. The molecule has 4 saturated carbocycles. The number of hydrogen-bond acceptors (Lipinski definition) is 3. The second-order valence-electron chi connectivity index (χ2n) is 13.7. The zero-order valence-corrected chi connectivity index (χ0v) is 21.3. The Morgan fingerprint density at radius 1 is 1.03 bits per heavy atom. The lowest BCUT2D eigenvalue weighted by Gasteiger charge is -2.60. The average Bonchev–Trinajstić information content (AvgIpc) is 3.28. The number of carbonyl (C=O) groups is 1. The second kappa shape index (κ2) is 7.99. The third kappa shape index (κ3) is 3.42. The Morgan fingerprint density at radius 2 is 1.81 bits per heavy atom. The molecule has 182 valence electrons. The van der Waals surface area contributed by atoms with Crippen molar-refractivity contribution in [2.45, 2.75) is 123 Å². The van der Waals surface area contributed by atoms with E-state index in [1.54, 1.807) is 0 Å². The van der Waals surface area contributed by atoms with Crippen LogP contribution in [-0.4, -0.2) is 17.7 Å². The third-order valence-corrected chi connectivity index (χ3v) is 11.8. The zero-order chi connectivity index (χ0) is 22.9. The Kier molecular flexibility index (Phi) is 5.79. The normalized spacial score (nSPS) is 50.2. The van der Waals surface area contributed by atoms with Crippen LogP contribution in [0.5, 0.6) is 0 Å². The number of carboxylic acids is 1. The highest BCUT2D eigenvalue weighted by Gasteiger charge is 2.75. The van der Waals surface area contributed by atoms with Gasteiger partial charge in [-0.15, -0.1) is 0 Å². The summed E-state index contributed by atoms with van der Waals surface area (Å²) in [5.41, 5.74) is 0.767. The van der Waals surface area contributed by atoms with Crippen molar-refractivity contribution in [1.29, 1.82) is 0 Å². The van der Waals surface area contributed by atoms with Gasteiger partial charge in [0.2, 0.25) is 0 Å². The van der Waals surface area contributed by atoms with Gasteiger partial charge in [0.15, 0.2) is 0 Å². The summed E-state index contributed by atoms with van der Waals surface area (Å²) in [6, 6.07) is 0. The summed E-state index contributed by atoms with van der Waals surface area (Å²) in [6.45, 7) is 12.5. The molecule has 0 amide bonds. The van der Waals surface area contributed by atoms with Gasteiger partial charge in [0.05, 0.1) is 6.10 Å². The van der Waals surface area contributed by atoms with E-state index in [-0.39, 0.29) is 23.4 Å². The Bertz CT molecular complexity index is 732. The van der Waals surface area contributed by atoms with E-state index in [1.165, 1.54) is 51.4 Å². The number of hydrogen-bond donors (Lipinski definition) is 0. The smallest absolute Gasteiger partial charge is 0.101 e. The van der Waals surface area contributed by atoms with Crippen LogP contribution in [0.1, 0.15) is 112 Å². The maximum absolute atomic E-state index is 11.2. The predicted molar refractivity (Wildman–Crippen MR) is 126 cm³/mol. The number of rotatable bonds is 7. The van der Waals surface area contributed by atoms with Gasteiger partial charge in [-0.1, -0.05) is 53.9 Å². The molecular weight excluding hydrogens is 396 g/mol. The van der Waals surface area contributed by atoms with Gasteiger partial charge in [-0.3, -0.25) is 0 Å². The summed E-state index contributed by atoms with van der Waals surface area (Å²) in [5.74, 6) is 4.44. The monoisotopic (exact) mass is 443 g/mol. The van der Waals surface area contributed by atoms with Crippen LogP contribution in [0.4, 0.5) is 0 Å². The maximum Gasteiger partial charge on any atom is 0.101 e. The summed E-state index contributed by atoms with van der Waals surface area (Å²) in [7, 11) is 0. The van der Waals surface area contributed by atoms with Crippen LogP contribution in [-0.2, 0) is 9.53 Å². The Balaban J connectivity index is 1.30. The fourth-order valence-corrected chi connectivity index (χ4v) is 10.2. The van der Waals surface area contributed by atoms with Crippen LogP contribution >= 0.6 is 0 Å². The molecular formula is C29H47O3-. The maximum atomic E-state index is 11.2. The molecule has 1 aliphatic heterocycles. The van der Waals surface area contributed by atoms with Crippen LogP contribution < -0.4 is 5.11 Å². The van der Waals surface area contributed by atoms with Crippen molar-refractivity contribution in [3.8, 4) is 0 Å². The van der Waals surface area contributed by atoms with Gasteiger partial charge >= 0.3 is 0 Å². The van der Waals surface area contributed by atoms with Gasteiger partial charge < -0.3 is 14.6 Å². The SMILES string of the molecule is CC(C)CCC[C@@H](C)[C@H]1CC[C@H]2[C@@H]3C[C@@H]4O[C@@]45C[C@@H](CC(=O)[O-])CC[C@]5(C)[C@H]3CC[C@]12C. The van der Waals surface area contributed by atoms with E-state index in [2.05, 4.69) is 34.6 Å². The molecule has 0 aromatic rings. The van der Waals surface area contributed by atoms with E-state index < -0.39 is 5.97 Å². The quantitative estimate of drug-likeness (QED) is 0.454. The molecule has 0 aromatic heterocycles. The molecule has 5 aliphatic rings. The lowest BCUT2D eigenvalue weighted by Crippen LogP contribution is -2.58. The molecule has 1 saturated heterocycles. The van der Waals surface area contributed by atoms with E-state index >= 15 is 0 Å². The summed E-state index contributed by atoms with van der Waals surface area (Å²) < 4.78 is 6.59. The minimum atomic E-state index is -0.881. The summed E-state index contributed by atoms with van der Waals surface area (Å²) in [4.78, 5) is 11.2. The van der Waals surface area contributed by atoms with Gasteiger partial charge in [-0.05, 0) is 105 Å². The van der Waals surface area contributed by atoms with E-state index in [4.69, 9.17) is 4.74 Å². The summed E-state index contributed by atoms with van der Waals surface area (Å²) >= 11 is 0. The van der Waals surface area contributed by atoms with E-state index in [0.29, 0.717) is 11.5 Å². The lowest BCUT2D eigenvalue weighted by molar-refractivity contribution is -0.307. The van der Waals surface area contributed by atoms with Gasteiger partial charge in [0.1, 0.15) is 5.60 Å². The molecule has 4 aliphatic carbocycles. The highest BCUT2D eigenvalue weighted by molar-refractivity contribution is 5.64. The molecule has 0 N–H and O–H groups in total. The summed E-state index contributed by atoms with van der Waals surface area (Å²) in [6.07, 6.45) is 14.8. The third-order valence-electron chi connectivity index (χ3n) is 11.8. The van der Waals surface area contributed by atoms with Crippen molar-refractivity contribution in [1.82, 2.24) is 0 Å². The molecule has 32 heavy (non-hydrogen) atoms. The standard InChI is InChI=1S/C29H48O3/c1-18(2)7-6-8-19(3)22-9-10-23-21-16-25-29(32-25)17-20(15-26(30)31)11-14-28(29,5)24(21)12-13-27(22,23)4/h18-25H,6-17H2,1-5H3,(H,30,31)/p-1/t19-,20-,21+,22-,23+,24+,25+,27-,28-,29+/m1/s1. The van der Waals surface area contributed by atoms with Crippen LogP contribution in [0.15, 0.2) is 0 Å². The van der Waals surface area contributed by atoms with Crippen LogP contribution in [0.2, 0.25) is 0 Å². The molecule has 5 fully saturated rings. The first-order chi connectivity index (χ1) is 15.1. The highest BCUT2D eigenvalue weighted by atomic mass is 16.6. The zero-order valence-electron chi connectivity index (χ0n) is 21.3. The molecule has 0 unspecified atom stereocenters. The number of aliphatic carboxylic acids is 1. The highest BCUT2D eigenvalue weighted by Crippen LogP contribution is 2.74. The van der Waals surface area contributed by atoms with Crippen molar-refractivity contribution in [3.63, 3.8) is 0 Å². The Hall–Kier alpha value is -0.570. The topological polar surface area (TPSA) is 52.7 Å². The van der Waals surface area contributed by atoms with Crippen molar-refractivity contribution >= 4 is 5.97 Å². The number of carbonyl (C=O) groups excluding carboxylic acids is 1. The minimum absolute atomic E-state index is 0.0115. The molecule has 3 heteroatoms. The Labute approximate surface area is 196 Å². The van der Waals surface area contributed by atoms with Gasteiger partial charge in [0, 0.05) is 11.4 Å². The first-order valence-corrected chi connectivity index (χ1v) is 14.0. The van der Waals surface area contributed by atoms with Crippen molar-refractivity contribution in [2.75, 3.05) is 0 Å². The first-order valence-electron chi connectivity index (χ1n) is 14.0. The van der Waals surface area contributed by atoms with Crippen LogP contribution in [0, 0.1) is 52.3 Å². The van der Waals surface area contributed by atoms with E-state index in [1.807, 2.05) is 0 Å². The molecule has 0 bridgehead atoms. The lowest BCUT2D eigenvalue weighted by atomic mass is 9.43. The average molecular weight is 444 g/mol. The van der Waals surface area contributed by atoms with Gasteiger partial charge in [-0.25, -0.2) is 0 Å². The van der Waals surface area contributed by atoms with Crippen molar-refractivity contribution < 1.29 is 14.6 Å². The summed E-state index contributed by atoms with van der Waals surface area (Å²) in [5, 5.41) is 11.2. The molecule has 1 heterocycles. The Morgan fingerprint density at radius 3 is 2.53 bits per heavy atom. The molecule has 5 rings (SSSR count). The number of epoxide rings is 1. The molecule has 10 atom stereocenters.